The molecule has 0 spiro atoms. The fourth-order valence-corrected chi connectivity index (χ4v) is 3.46. The SMILES string of the molecule is O=C(CCCn1ccnc1)NC1CCN(C(=O)N2CCCC2)CC1. The predicted octanol–water partition coefficient (Wildman–Crippen LogP) is 1.46. The molecule has 0 bridgehead atoms. The molecule has 0 radical (unpaired) electrons. The zero-order chi connectivity index (χ0) is 16.8. The van der Waals surface area contributed by atoms with E-state index in [1.165, 1.54) is 0 Å². The Morgan fingerprint density at radius 3 is 2.46 bits per heavy atom. The number of imidazole rings is 1. The van der Waals surface area contributed by atoms with Crippen LogP contribution in [0.5, 0.6) is 0 Å². The average Bonchev–Trinajstić information content (AvgIpc) is 3.29. The molecule has 3 amide bonds. The summed E-state index contributed by atoms with van der Waals surface area (Å²) in [5, 5.41) is 3.11. The van der Waals surface area contributed by atoms with Crippen LogP contribution < -0.4 is 5.32 Å². The highest BCUT2D eigenvalue weighted by Gasteiger charge is 2.28. The average molecular weight is 333 g/mol. The fourth-order valence-electron chi connectivity index (χ4n) is 3.46. The van der Waals surface area contributed by atoms with E-state index in [2.05, 4.69) is 10.3 Å². The van der Waals surface area contributed by atoms with Gasteiger partial charge < -0.3 is 19.7 Å². The summed E-state index contributed by atoms with van der Waals surface area (Å²) >= 11 is 0. The predicted molar refractivity (Wildman–Crippen MR) is 90.4 cm³/mol. The van der Waals surface area contributed by atoms with E-state index in [0.29, 0.717) is 6.42 Å². The number of hydrogen-bond donors (Lipinski definition) is 1. The number of piperidine rings is 1. The molecular formula is C17H27N5O2. The number of likely N-dealkylation sites (tertiary alicyclic amines) is 2. The van der Waals surface area contributed by atoms with E-state index in [1.54, 1.807) is 12.5 Å². The minimum absolute atomic E-state index is 0.111. The van der Waals surface area contributed by atoms with Crippen molar-refractivity contribution in [1.82, 2.24) is 24.7 Å². The molecule has 1 aromatic rings. The second-order valence-corrected chi connectivity index (χ2v) is 6.71. The Bertz CT molecular complexity index is 531. The van der Waals surface area contributed by atoms with E-state index in [0.717, 1.165) is 64.8 Å². The van der Waals surface area contributed by atoms with Gasteiger partial charge in [-0.2, -0.15) is 0 Å². The van der Waals surface area contributed by atoms with E-state index in [1.807, 2.05) is 20.6 Å². The van der Waals surface area contributed by atoms with E-state index in [9.17, 15) is 9.59 Å². The van der Waals surface area contributed by atoms with E-state index >= 15 is 0 Å². The number of amides is 3. The molecule has 2 aliphatic heterocycles. The van der Waals surface area contributed by atoms with Crippen molar-refractivity contribution in [2.24, 2.45) is 0 Å². The van der Waals surface area contributed by atoms with Gasteiger partial charge in [0.1, 0.15) is 0 Å². The van der Waals surface area contributed by atoms with Gasteiger partial charge in [-0.15, -0.1) is 0 Å². The second-order valence-electron chi connectivity index (χ2n) is 6.71. The quantitative estimate of drug-likeness (QED) is 0.887. The highest BCUT2D eigenvalue weighted by molar-refractivity contribution is 5.76. The maximum atomic E-state index is 12.3. The van der Waals surface area contributed by atoms with Gasteiger partial charge in [-0.25, -0.2) is 9.78 Å². The maximum Gasteiger partial charge on any atom is 0.319 e. The third-order valence-corrected chi connectivity index (χ3v) is 4.89. The number of aryl methyl sites for hydroxylation is 1. The van der Waals surface area contributed by atoms with Crippen LogP contribution in [0, 0.1) is 0 Å². The number of nitrogens with zero attached hydrogens (tertiary/aromatic N) is 4. The highest BCUT2D eigenvalue weighted by Crippen LogP contribution is 2.16. The molecule has 0 atom stereocenters. The van der Waals surface area contributed by atoms with Gasteiger partial charge in [-0.3, -0.25) is 4.79 Å². The van der Waals surface area contributed by atoms with Crippen LogP contribution in [-0.2, 0) is 11.3 Å². The summed E-state index contributed by atoms with van der Waals surface area (Å²) in [4.78, 5) is 32.3. The Morgan fingerprint density at radius 1 is 1.08 bits per heavy atom. The number of nitrogens with one attached hydrogen (secondary N) is 1. The van der Waals surface area contributed by atoms with Crippen molar-refractivity contribution in [2.45, 2.75) is 51.1 Å². The van der Waals surface area contributed by atoms with Gasteiger partial charge in [0.05, 0.1) is 6.33 Å². The van der Waals surface area contributed by atoms with Crippen LogP contribution in [0.25, 0.3) is 0 Å². The molecule has 2 saturated heterocycles. The Kier molecular flexibility index (Phi) is 5.72. The molecule has 132 valence electrons. The summed E-state index contributed by atoms with van der Waals surface area (Å²) in [5.41, 5.74) is 0. The van der Waals surface area contributed by atoms with Gasteiger partial charge in [0, 0.05) is 57.6 Å². The van der Waals surface area contributed by atoms with Crippen molar-refractivity contribution in [1.29, 1.82) is 0 Å². The molecular weight excluding hydrogens is 306 g/mol. The number of rotatable bonds is 5. The lowest BCUT2D eigenvalue weighted by Gasteiger charge is -2.34. The molecule has 1 aromatic heterocycles. The maximum absolute atomic E-state index is 12.3. The van der Waals surface area contributed by atoms with Crippen LogP contribution in [0.4, 0.5) is 4.79 Å². The monoisotopic (exact) mass is 333 g/mol. The molecule has 24 heavy (non-hydrogen) atoms. The number of urea groups is 1. The van der Waals surface area contributed by atoms with Crippen LogP contribution in [0.2, 0.25) is 0 Å². The third-order valence-electron chi connectivity index (χ3n) is 4.89. The molecule has 3 heterocycles. The molecule has 7 nitrogen and oxygen atoms in total. The first-order chi connectivity index (χ1) is 11.7. The molecule has 0 aliphatic carbocycles. The second kappa shape index (κ2) is 8.17. The highest BCUT2D eigenvalue weighted by atomic mass is 16.2. The van der Waals surface area contributed by atoms with Crippen LogP contribution >= 0.6 is 0 Å². The Balaban J connectivity index is 1.32. The summed E-state index contributed by atoms with van der Waals surface area (Å²) in [6, 6.07) is 0.381. The van der Waals surface area contributed by atoms with E-state index in [-0.39, 0.29) is 18.0 Å². The largest absolute Gasteiger partial charge is 0.353 e. The lowest BCUT2D eigenvalue weighted by Crippen LogP contribution is -2.50. The molecule has 0 aromatic carbocycles. The van der Waals surface area contributed by atoms with Crippen molar-refractivity contribution in [3.63, 3.8) is 0 Å². The molecule has 2 aliphatic rings. The van der Waals surface area contributed by atoms with E-state index in [4.69, 9.17) is 0 Å². The zero-order valence-electron chi connectivity index (χ0n) is 14.2. The van der Waals surface area contributed by atoms with Crippen LogP contribution in [-0.4, -0.2) is 63.5 Å². The summed E-state index contributed by atoms with van der Waals surface area (Å²) in [6.45, 7) is 4.10. The number of aromatic nitrogens is 2. The molecule has 1 N–H and O–H groups in total. The summed E-state index contributed by atoms with van der Waals surface area (Å²) in [7, 11) is 0. The van der Waals surface area contributed by atoms with Crippen molar-refractivity contribution in [3.05, 3.63) is 18.7 Å². The first-order valence-electron chi connectivity index (χ1n) is 9.01. The Labute approximate surface area is 143 Å². The normalized spacial score (nSPS) is 18.8. The molecule has 0 unspecified atom stereocenters. The molecule has 7 heteroatoms. The fraction of sp³-hybridized carbons (Fsp3) is 0.706. The van der Waals surface area contributed by atoms with Crippen molar-refractivity contribution < 1.29 is 9.59 Å². The van der Waals surface area contributed by atoms with Crippen molar-refractivity contribution >= 4 is 11.9 Å². The molecule has 2 fully saturated rings. The first kappa shape index (κ1) is 16.8. The Morgan fingerprint density at radius 2 is 1.79 bits per heavy atom. The van der Waals surface area contributed by atoms with Gasteiger partial charge in [0.15, 0.2) is 0 Å². The van der Waals surface area contributed by atoms with E-state index < -0.39 is 0 Å². The minimum Gasteiger partial charge on any atom is -0.353 e. The topological polar surface area (TPSA) is 70.5 Å². The van der Waals surface area contributed by atoms with Crippen LogP contribution in [0.15, 0.2) is 18.7 Å². The Hall–Kier alpha value is -2.05. The van der Waals surface area contributed by atoms with Gasteiger partial charge in [-0.05, 0) is 32.1 Å². The zero-order valence-corrected chi connectivity index (χ0v) is 14.2. The summed E-state index contributed by atoms with van der Waals surface area (Å²) < 4.78 is 1.98. The van der Waals surface area contributed by atoms with Gasteiger partial charge in [-0.1, -0.05) is 0 Å². The molecule has 0 saturated carbocycles. The number of carbonyl (C=O) groups excluding carboxylic acids is 2. The van der Waals surface area contributed by atoms with Crippen LogP contribution in [0.3, 0.4) is 0 Å². The van der Waals surface area contributed by atoms with Crippen LogP contribution in [0.1, 0.15) is 38.5 Å². The minimum atomic E-state index is 0.111. The van der Waals surface area contributed by atoms with Gasteiger partial charge in [0.25, 0.3) is 0 Å². The number of hydrogen-bond acceptors (Lipinski definition) is 3. The molecule has 3 rings (SSSR count). The summed E-state index contributed by atoms with van der Waals surface area (Å²) in [6.07, 6.45) is 10.7. The van der Waals surface area contributed by atoms with Gasteiger partial charge in [0.2, 0.25) is 5.91 Å². The van der Waals surface area contributed by atoms with Crippen molar-refractivity contribution in [3.8, 4) is 0 Å². The van der Waals surface area contributed by atoms with Crippen molar-refractivity contribution in [2.75, 3.05) is 26.2 Å². The smallest absolute Gasteiger partial charge is 0.319 e. The summed E-state index contributed by atoms with van der Waals surface area (Å²) in [5.74, 6) is 0.111. The van der Waals surface area contributed by atoms with Gasteiger partial charge >= 0.3 is 6.03 Å². The lowest BCUT2D eigenvalue weighted by atomic mass is 10.0. The number of carbonyl (C=O) groups is 2. The first-order valence-corrected chi connectivity index (χ1v) is 9.01. The lowest BCUT2D eigenvalue weighted by molar-refractivity contribution is -0.122. The third kappa shape index (κ3) is 4.49. The standard InChI is InChI=1S/C17H27N5O2/c23-16(4-3-8-20-13-7-18-14-20)19-15-5-11-22(12-6-15)17(24)21-9-1-2-10-21/h7,13-15H,1-6,8-12H2,(H,19,23).